The van der Waals surface area contributed by atoms with Crippen molar-refractivity contribution in [3.63, 3.8) is 0 Å². The second-order valence-corrected chi connectivity index (χ2v) is 17.0. The van der Waals surface area contributed by atoms with E-state index in [9.17, 15) is 0 Å². The van der Waals surface area contributed by atoms with Crippen LogP contribution < -0.4 is 0 Å². The van der Waals surface area contributed by atoms with E-state index in [4.69, 9.17) is 9.97 Å². The molecule has 0 atom stereocenters. The molecule has 1 spiro atoms. The summed E-state index contributed by atoms with van der Waals surface area (Å²) in [5.41, 5.74) is 13.9. The molecule has 55 heavy (non-hydrogen) atoms. The van der Waals surface area contributed by atoms with Crippen molar-refractivity contribution in [3.05, 3.63) is 163 Å². The van der Waals surface area contributed by atoms with Gasteiger partial charge < -0.3 is 0 Å². The first kappa shape index (κ1) is 30.3. The Bertz CT molecular complexity index is 3020. The van der Waals surface area contributed by atoms with Crippen LogP contribution >= 0.6 is 0 Å². The predicted molar refractivity (Wildman–Crippen MR) is 226 cm³/mol. The quantitative estimate of drug-likeness (QED) is 0.183. The number of fused-ring (bicyclic) bond motifs is 10. The Balaban J connectivity index is 1.12. The van der Waals surface area contributed by atoms with Gasteiger partial charge in [0.2, 0.25) is 5.95 Å². The zero-order valence-corrected chi connectivity index (χ0v) is 30.6. The van der Waals surface area contributed by atoms with Gasteiger partial charge in [0, 0.05) is 27.1 Å². The lowest BCUT2D eigenvalue weighted by molar-refractivity contribution is -0.0393. The molecule has 0 N–H and O–H groups in total. The zero-order chi connectivity index (χ0) is 35.8. The Morgan fingerprint density at radius 1 is 0.473 bits per heavy atom. The number of nitrogens with zero attached hydrogens (tertiary/aromatic N) is 3. The maximum Gasteiger partial charge on any atom is 0.235 e. The third-order valence-corrected chi connectivity index (χ3v) is 14.4. The van der Waals surface area contributed by atoms with Gasteiger partial charge in [-0.1, -0.05) is 133 Å². The van der Waals surface area contributed by atoms with Crippen molar-refractivity contribution in [2.45, 2.75) is 37.5 Å². The van der Waals surface area contributed by atoms with E-state index in [-0.39, 0.29) is 5.41 Å². The summed E-state index contributed by atoms with van der Waals surface area (Å²) in [7, 11) is 0. The van der Waals surface area contributed by atoms with Crippen LogP contribution in [0.4, 0.5) is 0 Å². The van der Waals surface area contributed by atoms with Gasteiger partial charge in [0.25, 0.3) is 0 Å². The maximum absolute atomic E-state index is 5.56. The van der Waals surface area contributed by atoms with Gasteiger partial charge in [-0.2, -0.15) is 0 Å². The Kier molecular flexibility index (Phi) is 6.06. The lowest BCUT2D eigenvalue weighted by Crippen LogP contribution is -2.55. The fourth-order valence-electron chi connectivity index (χ4n) is 12.6. The minimum absolute atomic E-state index is 0.0326. The molecule has 3 nitrogen and oxygen atoms in total. The standard InChI is InChI=1S/C52H39N3/c1-2-10-33(11-3-1)34-18-20-36(21-19-34)50-42-15-7-9-17-44(42)53-51(54-50)55-45-24-22-35-12-4-5-13-39(35)47(45)48-46(55)25-23-41-40-14-6-8-16-43(40)52(49(41)48)37-27-31-26-32(29-37)30-38(52)28-31/h1-25,31-32,37-38H,26-30H2. The van der Waals surface area contributed by atoms with Crippen LogP contribution in [0.3, 0.4) is 0 Å². The predicted octanol–water partition coefficient (Wildman–Crippen LogP) is 12.9. The molecule has 2 aromatic heterocycles. The maximum atomic E-state index is 5.56. The molecule has 0 unspecified atom stereocenters. The normalized spacial score (nSPS) is 23.3. The summed E-state index contributed by atoms with van der Waals surface area (Å²) >= 11 is 0. The highest BCUT2D eigenvalue weighted by Gasteiger charge is 2.62. The Hall–Kier alpha value is -6.06. The van der Waals surface area contributed by atoms with Crippen molar-refractivity contribution >= 4 is 43.5 Å². The van der Waals surface area contributed by atoms with Crippen molar-refractivity contribution in [2.24, 2.45) is 23.7 Å². The number of hydrogen-bond donors (Lipinski definition) is 0. The molecule has 5 aliphatic rings. The molecule has 3 heteroatoms. The smallest absolute Gasteiger partial charge is 0.235 e. The van der Waals surface area contributed by atoms with Gasteiger partial charge in [-0.15, -0.1) is 0 Å². The molecule has 14 rings (SSSR count). The number of benzene rings is 7. The van der Waals surface area contributed by atoms with E-state index >= 15 is 0 Å². The molecule has 2 heterocycles. The summed E-state index contributed by atoms with van der Waals surface area (Å²) in [4.78, 5) is 11.0. The summed E-state index contributed by atoms with van der Waals surface area (Å²) < 4.78 is 2.40. The molecule has 4 fully saturated rings. The van der Waals surface area contributed by atoms with Crippen LogP contribution in [0, 0.1) is 23.7 Å². The van der Waals surface area contributed by atoms with Gasteiger partial charge in [0.1, 0.15) is 0 Å². The number of aromatic nitrogens is 3. The molecular weight excluding hydrogens is 667 g/mol. The van der Waals surface area contributed by atoms with E-state index in [1.165, 1.54) is 86.9 Å². The number of para-hydroxylation sites is 1. The van der Waals surface area contributed by atoms with Crippen LogP contribution in [0.2, 0.25) is 0 Å². The van der Waals surface area contributed by atoms with Crippen molar-refractivity contribution in [3.8, 4) is 39.5 Å². The first-order valence-electron chi connectivity index (χ1n) is 20.3. The molecule has 262 valence electrons. The van der Waals surface area contributed by atoms with Gasteiger partial charge in [0.05, 0.1) is 22.2 Å². The van der Waals surface area contributed by atoms with Gasteiger partial charge in [-0.25, -0.2) is 9.97 Å². The highest BCUT2D eigenvalue weighted by molar-refractivity contribution is 6.24. The van der Waals surface area contributed by atoms with Crippen LogP contribution in [0.1, 0.15) is 43.2 Å². The summed E-state index contributed by atoms with van der Waals surface area (Å²) in [5.74, 6) is 3.85. The second-order valence-electron chi connectivity index (χ2n) is 17.0. The van der Waals surface area contributed by atoms with Crippen molar-refractivity contribution in [2.75, 3.05) is 0 Å². The molecule has 0 radical (unpaired) electrons. The lowest BCUT2D eigenvalue weighted by atomic mass is 9.43. The Morgan fingerprint density at radius 2 is 1.11 bits per heavy atom. The molecule has 0 aliphatic heterocycles. The lowest BCUT2D eigenvalue weighted by Gasteiger charge is -2.61. The van der Waals surface area contributed by atoms with Crippen LogP contribution in [0.5, 0.6) is 0 Å². The Labute approximate surface area is 320 Å². The number of rotatable bonds is 3. The summed E-state index contributed by atoms with van der Waals surface area (Å²) in [6, 6.07) is 56.0. The molecule has 7 aromatic carbocycles. The average Bonchev–Trinajstić information content (AvgIpc) is 3.74. The first-order valence-corrected chi connectivity index (χ1v) is 20.3. The first-order chi connectivity index (χ1) is 27.2. The molecule has 0 saturated heterocycles. The van der Waals surface area contributed by atoms with Crippen molar-refractivity contribution < 1.29 is 0 Å². The molecule has 4 saturated carbocycles. The average molecular weight is 706 g/mol. The van der Waals surface area contributed by atoms with E-state index in [1.807, 2.05) is 0 Å². The van der Waals surface area contributed by atoms with Crippen LogP contribution in [0.25, 0.3) is 82.9 Å². The second kappa shape index (κ2) is 11.0. The number of hydrogen-bond acceptors (Lipinski definition) is 2. The minimum atomic E-state index is 0.0326. The van der Waals surface area contributed by atoms with Crippen LogP contribution in [-0.2, 0) is 5.41 Å². The van der Waals surface area contributed by atoms with E-state index < -0.39 is 0 Å². The fourth-order valence-corrected chi connectivity index (χ4v) is 12.6. The highest BCUT2D eigenvalue weighted by Crippen LogP contribution is 2.70. The molecule has 9 aromatic rings. The van der Waals surface area contributed by atoms with Crippen molar-refractivity contribution in [1.82, 2.24) is 14.5 Å². The van der Waals surface area contributed by atoms with Crippen LogP contribution in [0.15, 0.2) is 152 Å². The van der Waals surface area contributed by atoms with Crippen molar-refractivity contribution in [1.29, 1.82) is 0 Å². The molecule has 4 bridgehead atoms. The largest absolute Gasteiger partial charge is 0.278 e. The summed E-state index contributed by atoms with van der Waals surface area (Å²) in [6.45, 7) is 0. The minimum Gasteiger partial charge on any atom is -0.278 e. The van der Waals surface area contributed by atoms with Crippen LogP contribution in [-0.4, -0.2) is 14.5 Å². The van der Waals surface area contributed by atoms with Gasteiger partial charge in [-0.05, 0) is 118 Å². The molecule has 0 amide bonds. The van der Waals surface area contributed by atoms with E-state index in [1.54, 1.807) is 11.1 Å². The fraction of sp³-hybridized carbons (Fsp3) is 0.192. The monoisotopic (exact) mass is 705 g/mol. The molecule has 5 aliphatic carbocycles. The van der Waals surface area contributed by atoms with Gasteiger partial charge in [0.15, 0.2) is 0 Å². The van der Waals surface area contributed by atoms with E-state index in [0.717, 1.165) is 39.9 Å². The Morgan fingerprint density at radius 3 is 1.93 bits per heavy atom. The topological polar surface area (TPSA) is 30.7 Å². The highest BCUT2D eigenvalue weighted by atomic mass is 15.2. The molecular formula is C52H39N3. The van der Waals surface area contributed by atoms with E-state index in [2.05, 4.69) is 156 Å². The van der Waals surface area contributed by atoms with Gasteiger partial charge >= 0.3 is 0 Å². The SMILES string of the molecule is c1ccc(-c2ccc(-c3nc(-n4c5ccc6c(c5c5c7ccccc7ccc54)C4(c5ccccc5-6)C5CC6CC(C5)CC4C6)nc4ccccc34)cc2)cc1. The third kappa shape index (κ3) is 4.01. The van der Waals surface area contributed by atoms with E-state index in [0.29, 0.717) is 11.8 Å². The third-order valence-electron chi connectivity index (χ3n) is 14.4. The summed E-state index contributed by atoms with van der Waals surface area (Å²) in [6.07, 6.45) is 6.88. The van der Waals surface area contributed by atoms with Gasteiger partial charge in [-0.3, -0.25) is 4.57 Å². The zero-order valence-electron chi connectivity index (χ0n) is 30.6. The summed E-state index contributed by atoms with van der Waals surface area (Å²) in [5, 5.41) is 6.41.